The Morgan fingerprint density at radius 3 is 2.27 bits per heavy atom. The van der Waals surface area contributed by atoms with E-state index < -0.39 is 84.7 Å². The van der Waals surface area contributed by atoms with Gasteiger partial charge in [0.2, 0.25) is 23.6 Å². The number of carbonyl (C=O) groups excluding carboxylic acids is 6. The van der Waals surface area contributed by atoms with E-state index in [1.165, 1.54) is 12.4 Å². The number of rotatable bonds is 23. The molecule has 503 valence electrons. The summed E-state index contributed by atoms with van der Waals surface area (Å²) >= 11 is 4.87. The summed E-state index contributed by atoms with van der Waals surface area (Å²) in [5.41, 5.74) is 8.11. The molecule has 1 radical (unpaired) electrons. The molecule has 10 aliphatic heterocycles. The standard InChI is InChI=1S/C64H96N8O16S.Tb/c1-33(2)53(72-51(75)13-8-7-11-21-66-60(77)37-29-69-63(89)70-30-37)62(79)71-44(12-9-10-20-65)61(78)68-32-52(76)67-31-39(74)26-49-54(80-6)43-25-38(73)24-41-15-17-46-55(83-41)59-58-57(85-46)56-50(86-58)28-64(87-56,88-59)19-18-42-23-35(4)45(81-42)16-14-40-22-34(3)36(5)47(82-40)27-48(43)84-49;/h29-30,33-34,39-50,53-59,74H,4-5,7-28,31-32,65H2,1-3,6H3,(H,66,77)(H,67,76)(H,68,78)(H,71,79)(H,72,75)(H,69,70,89);/p-1/t34-,39+,40+,41-,42+,43+,44+,45?,46+,47-,48+,49-,50?,53+,54-,55+,56+,57+,58-,59+,64+;/m1./s1. The van der Waals surface area contributed by atoms with Gasteiger partial charge in [0.05, 0.1) is 79.3 Å². The molecular formula is C64H95N8O16STb-. The van der Waals surface area contributed by atoms with Gasteiger partial charge in [0, 0.05) is 127 Å². The third-order valence-corrected chi connectivity index (χ3v) is 20.0. The molecule has 0 aliphatic carbocycles. The monoisotopic (exact) mass is 1420 g/mol. The van der Waals surface area contributed by atoms with Crippen molar-refractivity contribution in [1.82, 2.24) is 36.6 Å². The summed E-state index contributed by atoms with van der Waals surface area (Å²) < 4.78 is 60.8. The van der Waals surface area contributed by atoms with Crippen molar-refractivity contribution in [3.63, 3.8) is 0 Å². The molecular weight excluding hydrogens is 1330 g/mol. The van der Waals surface area contributed by atoms with Gasteiger partial charge >= 0.3 is 0 Å². The molecule has 5 amide bonds. The third kappa shape index (κ3) is 17.6. The number of ether oxygens (including phenoxy) is 9. The number of hydrogen-bond acceptors (Lipinski definition) is 20. The number of nitrogens with one attached hydrogen (secondary N) is 5. The number of unbranched alkanes of at least 4 members (excludes halogenated alkanes) is 3. The topological polar surface area (TPSA) is 318 Å². The van der Waals surface area contributed by atoms with E-state index in [0.29, 0.717) is 82.9 Å². The minimum Gasteiger partial charge on any atom is -0.740 e. The summed E-state index contributed by atoms with van der Waals surface area (Å²) in [5.74, 6) is -3.83. The van der Waals surface area contributed by atoms with Crippen molar-refractivity contribution >= 4 is 47.9 Å². The van der Waals surface area contributed by atoms with Crippen LogP contribution in [0.5, 0.6) is 0 Å². The van der Waals surface area contributed by atoms with Gasteiger partial charge in [-0.1, -0.05) is 40.3 Å². The van der Waals surface area contributed by atoms with Crippen LogP contribution in [0.3, 0.4) is 0 Å². The molecule has 90 heavy (non-hydrogen) atoms. The molecule has 10 fully saturated rings. The Bertz CT molecular complexity index is 2680. The number of hydrogen-bond donors (Lipinski definition) is 7. The second-order valence-electron chi connectivity index (χ2n) is 26.7. The van der Waals surface area contributed by atoms with Crippen LogP contribution in [0.2, 0.25) is 0 Å². The molecule has 1 spiro atoms. The fraction of sp³-hybridized carbons (Fsp3) is 0.781. The van der Waals surface area contributed by atoms with Crippen LogP contribution in [0.4, 0.5) is 0 Å². The molecule has 26 heteroatoms. The van der Waals surface area contributed by atoms with Crippen LogP contribution in [0, 0.1) is 56.4 Å². The Labute approximate surface area is 564 Å². The number of ketones is 1. The number of nitrogens with two attached hydrogens (primary N) is 1. The van der Waals surface area contributed by atoms with Crippen molar-refractivity contribution in [2.75, 3.05) is 33.3 Å². The SMILES string of the molecule is C=C1C[C@@H]2CC[C@@]34CC5O[C@H]6[C@@H](O3)[C@H]3O[C@H](CC[C@@H]3O[C@H]6[C@H]5O4)CC(=O)C[C@@H]3[C@@H](OC)[C@@H](C[C@H](O)CNC(=O)CNC(=O)[C@H](CCCCN)NC(=O)[C@@H](NC(=O)CCCCCNC(=O)c4cnc([S-])nc4)C(C)C)O[C@H]3C[C@H]3O[C@@H](CCC1O2)C[C@@H](C)C3=C.[Tb]. The van der Waals surface area contributed by atoms with Crippen LogP contribution in [0.1, 0.15) is 160 Å². The van der Waals surface area contributed by atoms with E-state index in [9.17, 15) is 33.9 Å². The van der Waals surface area contributed by atoms with Crippen molar-refractivity contribution in [2.24, 2.45) is 23.5 Å². The van der Waals surface area contributed by atoms with Gasteiger partial charge < -0.3 is 92.7 Å². The van der Waals surface area contributed by atoms with Crippen LogP contribution in [-0.2, 0) is 79.2 Å². The first-order valence-corrected chi connectivity index (χ1v) is 33.2. The molecule has 11 heterocycles. The summed E-state index contributed by atoms with van der Waals surface area (Å²) in [4.78, 5) is 88.4. The molecule has 10 aliphatic rings. The van der Waals surface area contributed by atoms with Crippen molar-refractivity contribution in [3.8, 4) is 0 Å². The van der Waals surface area contributed by atoms with Gasteiger partial charge in [-0.2, -0.15) is 0 Å². The number of nitrogens with zero attached hydrogens (tertiary/aromatic N) is 2. The van der Waals surface area contributed by atoms with E-state index in [1.54, 1.807) is 21.0 Å². The largest absolute Gasteiger partial charge is 0.740 e. The maximum absolute atomic E-state index is 14.5. The second-order valence-corrected chi connectivity index (χ2v) is 27.0. The normalized spacial score (nSPS) is 35.5. The average molecular weight is 1420 g/mol. The fourth-order valence-corrected chi connectivity index (χ4v) is 15.1. The Kier molecular flexibility index (Phi) is 25.5. The molecule has 8 N–H and O–H groups in total. The quantitative estimate of drug-likeness (QED) is 0.0358. The zero-order chi connectivity index (χ0) is 63.1. The molecule has 0 aromatic carbocycles. The van der Waals surface area contributed by atoms with E-state index in [4.69, 9.17) is 61.0 Å². The summed E-state index contributed by atoms with van der Waals surface area (Å²) in [6.45, 7) is 14.8. The number of aliphatic hydroxyl groups excluding tert-OH is 1. The van der Waals surface area contributed by atoms with Gasteiger partial charge in [-0.05, 0) is 107 Å². The van der Waals surface area contributed by atoms with Crippen molar-refractivity contribution in [1.29, 1.82) is 0 Å². The molecule has 12 bridgehead atoms. The first-order valence-electron chi connectivity index (χ1n) is 32.8. The summed E-state index contributed by atoms with van der Waals surface area (Å²) in [7, 11) is 1.58. The number of amides is 5. The first-order chi connectivity index (χ1) is 42.8. The number of aliphatic hydroxyl groups is 1. The molecule has 1 aromatic rings. The number of aromatic nitrogens is 2. The van der Waals surface area contributed by atoms with Crippen LogP contribution < -0.4 is 32.3 Å². The number of Topliss-reactive ketones (excluding diaryl/α,β-unsaturated/α-hetero) is 1. The van der Waals surface area contributed by atoms with Crippen molar-refractivity contribution < 1.29 is 115 Å². The van der Waals surface area contributed by atoms with E-state index in [-0.39, 0.29) is 173 Å². The Morgan fingerprint density at radius 2 is 1.50 bits per heavy atom. The zero-order valence-corrected chi connectivity index (χ0v) is 55.4. The molecule has 2 unspecified atom stereocenters. The molecule has 21 atom stereocenters. The van der Waals surface area contributed by atoms with E-state index in [1.807, 2.05) is 0 Å². The summed E-state index contributed by atoms with van der Waals surface area (Å²) in [5, 5.41) is 25.5. The van der Waals surface area contributed by atoms with Crippen LogP contribution in [0.15, 0.2) is 41.9 Å². The molecule has 10 saturated heterocycles. The molecule has 1 aromatic heterocycles. The third-order valence-electron chi connectivity index (χ3n) is 19.8. The summed E-state index contributed by atoms with van der Waals surface area (Å²) in [6, 6.07) is -1.98. The van der Waals surface area contributed by atoms with Gasteiger partial charge in [-0.15, -0.1) is 0 Å². The van der Waals surface area contributed by atoms with Crippen LogP contribution >= 0.6 is 0 Å². The average Bonchev–Trinajstić information content (AvgIpc) is 1.55. The van der Waals surface area contributed by atoms with Crippen LogP contribution in [0.25, 0.3) is 0 Å². The molecule has 0 saturated carbocycles. The fourth-order valence-electron chi connectivity index (χ4n) is 15.0. The molecule has 24 nitrogen and oxygen atoms in total. The second kappa shape index (κ2) is 32.4. The van der Waals surface area contributed by atoms with Gasteiger partial charge in [-0.3, -0.25) is 38.7 Å². The van der Waals surface area contributed by atoms with Gasteiger partial charge in [0.1, 0.15) is 48.4 Å². The maximum Gasteiger partial charge on any atom is 0.254 e. The summed E-state index contributed by atoms with van der Waals surface area (Å²) in [6.07, 6.45) is 7.26. The van der Waals surface area contributed by atoms with E-state index >= 15 is 0 Å². The smallest absolute Gasteiger partial charge is 0.254 e. The Hall–Kier alpha value is -3.35. The molecule has 11 rings (SSSR count). The van der Waals surface area contributed by atoms with Gasteiger partial charge in [0.15, 0.2) is 5.79 Å². The van der Waals surface area contributed by atoms with Gasteiger partial charge in [0.25, 0.3) is 5.91 Å². The minimum atomic E-state index is -1.11. The Morgan fingerprint density at radius 1 is 0.767 bits per heavy atom. The van der Waals surface area contributed by atoms with Crippen molar-refractivity contribution in [3.05, 3.63) is 42.3 Å². The van der Waals surface area contributed by atoms with Gasteiger partial charge in [-0.25, -0.2) is 0 Å². The zero-order valence-electron chi connectivity index (χ0n) is 52.4. The predicted molar refractivity (Wildman–Crippen MR) is 323 cm³/mol. The first kappa shape index (κ1) is 71.0. The van der Waals surface area contributed by atoms with E-state index in [2.05, 4.69) is 56.6 Å². The van der Waals surface area contributed by atoms with E-state index in [0.717, 1.165) is 43.3 Å². The minimum absolute atomic E-state index is 0. The maximum atomic E-state index is 14.5. The Balaban J connectivity index is 0.00000960. The number of fused-ring (bicyclic) bond motifs is 6. The van der Waals surface area contributed by atoms with Crippen LogP contribution in [-0.4, -0.2) is 199 Å². The van der Waals surface area contributed by atoms with Crippen molar-refractivity contribution in [2.45, 2.75) is 270 Å². The number of methoxy groups -OCH3 is 1. The predicted octanol–water partition coefficient (Wildman–Crippen LogP) is 3.15. The number of carbonyl (C=O) groups is 6.